The first-order valence-corrected chi connectivity index (χ1v) is 18.9. The Labute approximate surface area is 327 Å². The largest absolute Gasteiger partial charge is 0.490 e. The van der Waals surface area contributed by atoms with Crippen molar-refractivity contribution in [1.82, 2.24) is 69.1 Å². The summed E-state index contributed by atoms with van der Waals surface area (Å²) in [6, 6.07) is 11.4. The normalized spacial score (nSPS) is 16.3. The van der Waals surface area contributed by atoms with Gasteiger partial charge in [-0.3, -0.25) is 4.79 Å². The number of carbonyl (C=O) groups excluding carboxylic acids is 1. The second-order valence-corrected chi connectivity index (χ2v) is 14.7. The number of halogens is 1. The van der Waals surface area contributed by atoms with E-state index in [2.05, 4.69) is 70.7 Å². The van der Waals surface area contributed by atoms with Crippen molar-refractivity contribution >= 4 is 23.2 Å². The van der Waals surface area contributed by atoms with Crippen LogP contribution in [0.3, 0.4) is 0 Å². The lowest BCUT2D eigenvalue weighted by atomic mass is 10.1. The van der Waals surface area contributed by atoms with Crippen LogP contribution < -0.4 is 10.1 Å². The minimum Gasteiger partial charge on any atom is -0.490 e. The van der Waals surface area contributed by atoms with Gasteiger partial charge in [0.05, 0.1) is 61.6 Å². The number of fused-ring (bicyclic) bond motifs is 2. The molecule has 2 aliphatic rings. The number of benzene rings is 1. The third-order valence-electron chi connectivity index (χ3n) is 10.6. The molecule has 1 amide bonds. The van der Waals surface area contributed by atoms with Crippen LogP contribution in [0.15, 0.2) is 86.0 Å². The molecule has 2 N–H and O–H groups in total. The molecule has 58 heavy (non-hydrogen) atoms. The average molecular weight is 783 g/mol. The summed E-state index contributed by atoms with van der Waals surface area (Å²) in [7, 11) is 0. The van der Waals surface area contributed by atoms with Crippen LogP contribution in [0.5, 0.6) is 5.75 Å². The van der Waals surface area contributed by atoms with Gasteiger partial charge in [0, 0.05) is 36.9 Å². The summed E-state index contributed by atoms with van der Waals surface area (Å²) in [4.78, 5) is 33.7. The van der Waals surface area contributed by atoms with Crippen molar-refractivity contribution in [3.8, 4) is 11.4 Å². The number of aromatic carboxylic acids is 1. The molecule has 8 aromatic rings. The Kier molecular flexibility index (Phi) is 8.67. The van der Waals surface area contributed by atoms with Gasteiger partial charge in [-0.05, 0) is 78.8 Å². The number of carboxylic acids is 1. The molecule has 19 heteroatoms. The lowest BCUT2D eigenvalue weighted by molar-refractivity contribution is 0.0690. The molecule has 10 rings (SSSR count). The lowest BCUT2D eigenvalue weighted by Crippen LogP contribution is -2.25. The molecule has 18 nitrogen and oxygen atoms in total. The molecule has 2 saturated carbocycles. The summed E-state index contributed by atoms with van der Waals surface area (Å²) in [5.74, 6) is -0.853. The Morgan fingerprint density at radius 3 is 2.19 bits per heavy atom. The molecule has 292 valence electrons. The second-order valence-electron chi connectivity index (χ2n) is 14.7. The van der Waals surface area contributed by atoms with Crippen LogP contribution in [-0.2, 0) is 19.6 Å². The number of nitrogens with one attached hydrogen (secondary N) is 1. The predicted octanol–water partition coefficient (Wildman–Crippen LogP) is 4.06. The second kappa shape index (κ2) is 14.3. The lowest BCUT2D eigenvalue weighted by Gasteiger charge is -2.15. The first-order valence-electron chi connectivity index (χ1n) is 18.9. The summed E-state index contributed by atoms with van der Waals surface area (Å²) >= 11 is 0. The minimum absolute atomic E-state index is 0.0724. The summed E-state index contributed by atoms with van der Waals surface area (Å²) in [6.45, 7) is 0.765. The molecular formula is C39H35FN14O4. The van der Waals surface area contributed by atoms with Crippen LogP contribution in [0.2, 0.25) is 0 Å². The van der Waals surface area contributed by atoms with E-state index in [1.807, 2.05) is 33.3 Å². The average Bonchev–Trinajstić information content (AvgIpc) is 3.74. The molecule has 2 aliphatic carbocycles. The van der Waals surface area contributed by atoms with Crippen molar-refractivity contribution in [1.29, 1.82) is 0 Å². The number of ether oxygens (including phenoxy) is 1. The fourth-order valence-electron chi connectivity index (χ4n) is 7.41. The molecule has 7 heterocycles. The van der Waals surface area contributed by atoms with Crippen LogP contribution in [-0.4, -0.2) is 87.3 Å². The highest BCUT2D eigenvalue weighted by Gasteiger charge is 2.38. The van der Waals surface area contributed by atoms with Crippen LogP contribution in [0.1, 0.15) is 86.6 Å². The molecule has 0 spiro atoms. The van der Waals surface area contributed by atoms with E-state index in [4.69, 9.17) is 9.84 Å². The van der Waals surface area contributed by atoms with E-state index in [0.29, 0.717) is 43.1 Å². The zero-order valence-electron chi connectivity index (χ0n) is 30.8. The van der Waals surface area contributed by atoms with Crippen LogP contribution in [0.25, 0.3) is 17.0 Å². The molecule has 0 radical (unpaired) electrons. The number of hydrogen-bond donors (Lipinski definition) is 2. The summed E-state index contributed by atoms with van der Waals surface area (Å²) < 4.78 is 30.6. The van der Waals surface area contributed by atoms with Crippen LogP contribution in [0, 0.1) is 11.7 Å². The van der Waals surface area contributed by atoms with Crippen molar-refractivity contribution in [3.63, 3.8) is 0 Å². The quantitative estimate of drug-likeness (QED) is 0.151. The number of hydrogen-bond acceptors (Lipinski definition) is 11. The highest BCUT2D eigenvalue weighted by atomic mass is 19.1. The molecule has 2 fully saturated rings. The molecule has 2 atom stereocenters. The number of amides is 1. The Morgan fingerprint density at radius 2 is 1.52 bits per heavy atom. The maximum absolute atomic E-state index is 16.2. The minimum atomic E-state index is -1.13. The van der Waals surface area contributed by atoms with E-state index in [0.717, 1.165) is 41.1 Å². The number of rotatable bonds is 15. The van der Waals surface area contributed by atoms with E-state index in [9.17, 15) is 9.59 Å². The van der Waals surface area contributed by atoms with E-state index < -0.39 is 17.7 Å². The highest BCUT2D eigenvalue weighted by Crippen LogP contribution is 2.49. The molecule has 0 saturated heterocycles. The van der Waals surface area contributed by atoms with Crippen molar-refractivity contribution in [3.05, 3.63) is 131 Å². The maximum atomic E-state index is 16.2. The van der Waals surface area contributed by atoms with Gasteiger partial charge in [0.2, 0.25) is 0 Å². The van der Waals surface area contributed by atoms with E-state index in [1.54, 1.807) is 29.2 Å². The zero-order chi connectivity index (χ0) is 39.3. The Balaban J connectivity index is 0.762. The standard InChI is InChI=1S/C39H35FN14O4/c40-37-30(14-41-38(55)31-21-52(48-45-31)19-27-17-50-15-25(23-1-2-23)3-7-35(50)43-27)33(54-11-10-42-47-54)5-6-34(37)58-12-9-24-13-29(24)26-4-8-36-44-28(18-51(36)16-26)20-53-22-32(39(56)57)46-49-53/h3-8,10-11,15-18,21-24,29H,1-2,9,12-14,19-20H2,(H,41,55)(H,56,57). The number of nitrogens with zero attached hydrogens (tertiary/aromatic N) is 13. The number of aromatic nitrogens is 13. The molecule has 7 aromatic heterocycles. The third-order valence-corrected chi connectivity index (χ3v) is 10.6. The van der Waals surface area contributed by atoms with Crippen LogP contribution >= 0.6 is 0 Å². The van der Waals surface area contributed by atoms with Gasteiger partial charge in [0.15, 0.2) is 23.0 Å². The van der Waals surface area contributed by atoms with Gasteiger partial charge in [-0.15, -0.1) is 15.3 Å². The molecule has 1 aromatic carbocycles. The highest BCUT2D eigenvalue weighted by molar-refractivity contribution is 5.91. The summed E-state index contributed by atoms with van der Waals surface area (Å²) in [5.41, 5.74) is 6.14. The SMILES string of the molecule is O=C(O)c1cn(Cc2cn3cc(C4CC4CCOc4ccc(-n5ccnn5)c(CNC(=O)c5cn(Cc6cn7cc(C8CC8)ccc7n6)nn5)c4F)ccc3n2)nn1. The van der Waals surface area contributed by atoms with Crippen LogP contribution in [0.4, 0.5) is 4.39 Å². The van der Waals surface area contributed by atoms with Crippen molar-refractivity contribution < 1.29 is 23.8 Å². The summed E-state index contributed by atoms with van der Waals surface area (Å²) in [5, 5.41) is 35.5. The van der Waals surface area contributed by atoms with Gasteiger partial charge in [-0.25, -0.2) is 33.2 Å². The number of carboxylic acid groups (broad SMARTS) is 1. The van der Waals surface area contributed by atoms with Crippen molar-refractivity contribution in [2.24, 2.45) is 5.92 Å². The Hall–Kier alpha value is -7.31. The monoisotopic (exact) mass is 782 g/mol. The van der Waals surface area contributed by atoms with Gasteiger partial charge >= 0.3 is 5.97 Å². The number of pyridine rings is 2. The smallest absolute Gasteiger partial charge is 0.358 e. The molecule has 0 aliphatic heterocycles. The number of imidazole rings is 2. The number of carbonyl (C=O) groups is 2. The first kappa shape index (κ1) is 35.1. The van der Waals surface area contributed by atoms with E-state index >= 15 is 4.39 Å². The Morgan fingerprint density at radius 1 is 0.828 bits per heavy atom. The van der Waals surface area contributed by atoms with Crippen molar-refractivity contribution in [2.45, 2.75) is 57.2 Å². The molecule has 2 unspecified atom stereocenters. The van der Waals surface area contributed by atoms with Gasteiger partial charge in [0.25, 0.3) is 5.91 Å². The molecule has 0 bridgehead atoms. The fourth-order valence-corrected chi connectivity index (χ4v) is 7.41. The third kappa shape index (κ3) is 7.12. The fraction of sp³-hybridized carbons (Fsp3) is 0.282. The zero-order valence-corrected chi connectivity index (χ0v) is 30.8. The van der Waals surface area contributed by atoms with E-state index in [1.165, 1.54) is 40.2 Å². The first-order chi connectivity index (χ1) is 28.3. The maximum Gasteiger partial charge on any atom is 0.358 e. The summed E-state index contributed by atoms with van der Waals surface area (Å²) in [6.07, 6.45) is 18.2. The van der Waals surface area contributed by atoms with Gasteiger partial charge in [-0.2, -0.15) is 0 Å². The van der Waals surface area contributed by atoms with Gasteiger partial charge in [-0.1, -0.05) is 27.8 Å². The van der Waals surface area contributed by atoms with Crippen molar-refractivity contribution in [2.75, 3.05) is 6.61 Å². The van der Waals surface area contributed by atoms with Gasteiger partial charge < -0.3 is 24.0 Å². The Bertz CT molecular complexity index is 2820. The van der Waals surface area contributed by atoms with Gasteiger partial charge in [0.1, 0.15) is 11.3 Å². The molecular weight excluding hydrogens is 748 g/mol. The van der Waals surface area contributed by atoms with E-state index in [-0.39, 0.29) is 29.2 Å². The predicted molar refractivity (Wildman–Crippen MR) is 201 cm³/mol. The topological polar surface area (TPSA) is 202 Å².